The van der Waals surface area contributed by atoms with Crippen LogP contribution in [-0.4, -0.2) is 55.7 Å². The Kier molecular flexibility index (Phi) is 5.52. The van der Waals surface area contributed by atoms with E-state index in [2.05, 4.69) is 4.72 Å². The van der Waals surface area contributed by atoms with Gasteiger partial charge in [-0.2, -0.15) is 0 Å². The summed E-state index contributed by atoms with van der Waals surface area (Å²) < 4.78 is 24.2. The first-order chi connectivity index (χ1) is 9.13. The number of sulfonamides is 1. The van der Waals surface area contributed by atoms with Gasteiger partial charge < -0.3 is 10.0 Å². The Morgan fingerprint density at radius 2 is 2.05 bits per heavy atom. The van der Waals surface area contributed by atoms with Gasteiger partial charge in [0.1, 0.15) is 0 Å². The molecule has 7 nitrogen and oxygen atoms in total. The SMILES string of the molecule is CC1CC(=O)N(CCCNS(C)(=O)=O)C(C)C1C(=O)O. The number of hydrogen-bond donors (Lipinski definition) is 2. The molecular formula is C12H22N2O5S. The lowest BCUT2D eigenvalue weighted by Gasteiger charge is -2.40. The van der Waals surface area contributed by atoms with E-state index in [1.54, 1.807) is 18.7 Å². The third-order valence-corrected chi connectivity index (χ3v) is 4.40. The molecule has 0 spiro atoms. The van der Waals surface area contributed by atoms with Crippen LogP contribution in [-0.2, 0) is 19.6 Å². The van der Waals surface area contributed by atoms with Gasteiger partial charge in [0.25, 0.3) is 0 Å². The van der Waals surface area contributed by atoms with Gasteiger partial charge in [-0.15, -0.1) is 0 Å². The second-order valence-corrected chi connectivity index (χ2v) is 7.23. The molecule has 0 radical (unpaired) electrons. The van der Waals surface area contributed by atoms with Crippen LogP contribution in [0.25, 0.3) is 0 Å². The average molecular weight is 306 g/mol. The van der Waals surface area contributed by atoms with E-state index in [0.717, 1.165) is 6.26 Å². The van der Waals surface area contributed by atoms with E-state index in [1.807, 2.05) is 0 Å². The molecule has 1 aliphatic heterocycles. The summed E-state index contributed by atoms with van der Waals surface area (Å²) in [6.07, 6.45) is 1.76. The van der Waals surface area contributed by atoms with Crippen molar-refractivity contribution in [3.8, 4) is 0 Å². The summed E-state index contributed by atoms with van der Waals surface area (Å²) in [6, 6.07) is -0.373. The first kappa shape index (κ1) is 16.9. The van der Waals surface area contributed by atoms with Gasteiger partial charge in [-0.3, -0.25) is 9.59 Å². The zero-order valence-electron chi connectivity index (χ0n) is 12.0. The zero-order chi connectivity index (χ0) is 15.5. The van der Waals surface area contributed by atoms with Gasteiger partial charge in [0, 0.05) is 25.6 Å². The smallest absolute Gasteiger partial charge is 0.308 e. The number of likely N-dealkylation sites (tertiary alicyclic amines) is 1. The molecule has 3 atom stereocenters. The lowest BCUT2D eigenvalue weighted by Crippen LogP contribution is -2.53. The molecule has 1 aliphatic rings. The van der Waals surface area contributed by atoms with Gasteiger partial charge in [-0.05, 0) is 19.3 Å². The number of piperidine rings is 1. The van der Waals surface area contributed by atoms with E-state index in [-0.39, 0.29) is 30.8 Å². The van der Waals surface area contributed by atoms with Crippen molar-refractivity contribution in [3.63, 3.8) is 0 Å². The molecule has 0 aromatic rings. The van der Waals surface area contributed by atoms with E-state index in [4.69, 9.17) is 0 Å². The van der Waals surface area contributed by atoms with Gasteiger partial charge in [-0.25, -0.2) is 13.1 Å². The third-order valence-electron chi connectivity index (χ3n) is 3.67. The Hall–Kier alpha value is -1.15. The monoisotopic (exact) mass is 306 g/mol. The van der Waals surface area contributed by atoms with E-state index in [1.165, 1.54) is 0 Å². The van der Waals surface area contributed by atoms with Crippen molar-refractivity contribution in [2.75, 3.05) is 19.3 Å². The molecule has 3 unspecified atom stereocenters. The summed E-state index contributed by atoms with van der Waals surface area (Å²) in [5.41, 5.74) is 0. The van der Waals surface area contributed by atoms with Crippen LogP contribution < -0.4 is 4.72 Å². The number of nitrogens with zero attached hydrogens (tertiary/aromatic N) is 1. The van der Waals surface area contributed by atoms with Crippen molar-refractivity contribution >= 4 is 21.9 Å². The number of carboxylic acids is 1. The number of carbonyl (C=O) groups excluding carboxylic acids is 1. The standard InChI is InChI=1S/C12H22N2O5S/c1-8-7-10(15)14(9(2)11(8)12(16)17)6-4-5-13-20(3,18)19/h8-9,11,13H,4-7H2,1-3H3,(H,16,17). The minimum absolute atomic E-state index is 0.0677. The van der Waals surface area contributed by atoms with Crippen LogP contribution in [0.4, 0.5) is 0 Å². The molecule has 0 aromatic carbocycles. The van der Waals surface area contributed by atoms with Crippen LogP contribution in [0.2, 0.25) is 0 Å². The molecule has 2 N–H and O–H groups in total. The maximum Gasteiger partial charge on any atom is 0.308 e. The highest BCUT2D eigenvalue weighted by atomic mass is 32.2. The van der Waals surface area contributed by atoms with Crippen LogP contribution in [0.5, 0.6) is 0 Å². The number of hydrogen-bond acceptors (Lipinski definition) is 4. The second kappa shape index (κ2) is 6.53. The Morgan fingerprint density at radius 3 is 2.55 bits per heavy atom. The van der Waals surface area contributed by atoms with Crippen molar-refractivity contribution < 1.29 is 23.1 Å². The Bertz CT molecular complexity index is 476. The van der Waals surface area contributed by atoms with Crippen molar-refractivity contribution in [2.24, 2.45) is 11.8 Å². The minimum Gasteiger partial charge on any atom is -0.481 e. The summed E-state index contributed by atoms with van der Waals surface area (Å²) >= 11 is 0. The molecule has 1 fully saturated rings. The number of nitrogens with one attached hydrogen (secondary N) is 1. The number of carbonyl (C=O) groups is 2. The van der Waals surface area contributed by atoms with Gasteiger partial charge >= 0.3 is 5.97 Å². The number of rotatable bonds is 6. The largest absolute Gasteiger partial charge is 0.481 e. The average Bonchev–Trinajstić information content (AvgIpc) is 2.24. The van der Waals surface area contributed by atoms with Crippen molar-refractivity contribution in [2.45, 2.75) is 32.7 Å². The molecule has 0 saturated carbocycles. The lowest BCUT2D eigenvalue weighted by molar-refractivity contribution is -0.154. The fraction of sp³-hybridized carbons (Fsp3) is 0.833. The highest BCUT2D eigenvalue weighted by molar-refractivity contribution is 7.88. The molecular weight excluding hydrogens is 284 g/mol. The lowest BCUT2D eigenvalue weighted by atomic mass is 9.81. The zero-order valence-corrected chi connectivity index (χ0v) is 12.8. The predicted octanol–water partition coefficient (Wildman–Crippen LogP) is -0.117. The molecule has 116 valence electrons. The molecule has 1 amide bonds. The highest BCUT2D eigenvalue weighted by Gasteiger charge is 2.41. The van der Waals surface area contributed by atoms with E-state index >= 15 is 0 Å². The fourth-order valence-corrected chi connectivity index (χ4v) is 3.22. The number of aliphatic carboxylic acids is 1. The summed E-state index contributed by atoms with van der Waals surface area (Å²) in [6.45, 7) is 4.10. The fourth-order valence-electron chi connectivity index (χ4n) is 2.70. The highest BCUT2D eigenvalue weighted by Crippen LogP contribution is 2.29. The first-order valence-electron chi connectivity index (χ1n) is 6.60. The summed E-state index contributed by atoms with van der Waals surface area (Å²) in [4.78, 5) is 24.8. The van der Waals surface area contributed by atoms with Gasteiger partial charge in [0.15, 0.2) is 0 Å². The first-order valence-corrected chi connectivity index (χ1v) is 8.49. The predicted molar refractivity (Wildman–Crippen MR) is 73.5 cm³/mol. The summed E-state index contributed by atoms with van der Waals surface area (Å²) in [7, 11) is -3.23. The molecule has 1 rings (SSSR count). The van der Waals surface area contributed by atoms with Crippen molar-refractivity contribution in [3.05, 3.63) is 0 Å². The Morgan fingerprint density at radius 1 is 1.45 bits per heavy atom. The van der Waals surface area contributed by atoms with Gasteiger partial charge in [-0.1, -0.05) is 6.92 Å². The molecule has 1 saturated heterocycles. The van der Waals surface area contributed by atoms with Crippen LogP contribution in [0.15, 0.2) is 0 Å². The van der Waals surface area contributed by atoms with Gasteiger partial charge in [0.05, 0.1) is 12.2 Å². The Balaban J connectivity index is 2.59. The number of amides is 1. The Labute approximate surface area is 119 Å². The normalized spacial score (nSPS) is 27.6. The van der Waals surface area contributed by atoms with Gasteiger partial charge in [0.2, 0.25) is 15.9 Å². The summed E-state index contributed by atoms with van der Waals surface area (Å²) in [5, 5.41) is 9.23. The maximum absolute atomic E-state index is 12.0. The third kappa shape index (κ3) is 4.45. The number of carboxylic acid groups (broad SMARTS) is 1. The second-order valence-electron chi connectivity index (χ2n) is 5.39. The topological polar surface area (TPSA) is 104 Å². The summed E-state index contributed by atoms with van der Waals surface area (Å²) in [5.74, 6) is -1.71. The van der Waals surface area contributed by atoms with E-state index in [9.17, 15) is 23.1 Å². The van der Waals surface area contributed by atoms with Crippen LogP contribution in [0.1, 0.15) is 26.7 Å². The molecule has 0 bridgehead atoms. The molecule has 0 aromatic heterocycles. The van der Waals surface area contributed by atoms with Crippen molar-refractivity contribution in [1.29, 1.82) is 0 Å². The quantitative estimate of drug-likeness (QED) is 0.666. The van der Waals surface area contributed by atoms with Crippen LogP contribution in [0, 0.1) is 11.8 Å². The molecule has 1 heterocycles. The van der Waals surface area contributed by atoms with Crippen LogP contribution in [0.3, 0.4) is 0 Å². The molecule has 0 aliphatic carbocycles. The maximum atomic E-state index is 12.0. The van der Waals surface area contributed by atoms with Crippen molar-refractivity contribution in [1.82, 2.24) is 9.62 Å². The molecule has 20 heavy (non-hydrogen) atoms. The van der Waals surface area contributed by atoms with E-state index < -0.39 is 21.9 Å². The van der Waals surface area contributed by atoms with Crippen LogP contribution >= 0.6 is 0 Å². The minimum atomic E-state index is -3.23. The van der Waals surface area contributed by atoms with E-state index in [0.29, 0.717) is 13.0 Å². The molecule has 8 heteroatoms.